The monoisotopic (exact) mass is 371 g/mol. The van der Waals surface area contributed by atoms with Crippen molar-refractivity contribution in [2.45, 2.75) is 20.8 Å². The molecule has 2 aromatic rings. The van der Waals surface area contributed by atoms with Crippen LogP contribution < -0.4 is 10.2 Å². The Balaban J connectivity index is 1.54. The van der Waals surface area contributed by atoms with Crippen molar-refractivity contribution in [1.29, 1.82) is 0 Å². The maximum Gasteiger partial charge on any atom is 0.241 e. The number of nitrogens with zero attached hydrogens (tertiary/aromatic N) is 2. The van der Waals surface area contributed by atoms with Crippen LogP contribution in [0.4, 0.5) is 11.4 Å². The van der Waals surface area contributed by atoms with Crippen molar-refractivity contribution in [2.75, 3.05) is 42.9 Å². The number of benzene rings is 2. The van der Waals surface area contributed by atoms with Crippen molar-refractivity contribution < 1.29 is 4.79 Å². The summed E-state index contributed by atoms with van der Waals surface area (Å²) < 4.78 is 0. The summed E-state index contributed by atoms with van der Waals surface area (Å²) >= 11 is 6.31. The van der Waals surface area contributed by atoms with E-state index in [0.717, 1.165) is 43.0 Å². The van der Waals surface area contributed by atoms with Gasteiger partial charge < -0.3 is 15.1 Å². The number of piperazine rings is 1. The predicted octanol–water partition coefficient (Wildman–Crippen LogP) is 4.03. The number of anilines is 2. The van der Waals surface area contributed by atoms with Gasteiger partial charge in [0.25, 0.3) is 0 Å². The standard InChI is InChI=1S/C21H26ClN3O/c1-15-5-4-6-18(12-15)24-7-9-25(10-8-24)20(26)14-23-21-17(3)11-16(2)13-19(21)22/h4-6,11-13,23H,7-10,14H2,1-3H3. The number of hydrogen-bond donors (Lipinski definition) is 1. The number of carbonyl (C=O) groups excluding carboxylic acids is 1. The van der Waals surface area contributed by atoms with Crippen LogP contribution in [0.5, 0.6) is 0 Å². The Kier molecular flexibility index (Phi) is 5.72. The highest BCUT2D eigenvalue weighted by molar-refractivity contribution is 6.33. The normalized spacial score (nSPS) is 14.5. The fourth-order valence-electron chi connectivity index (χ4n) is 3.45. The average Bonchev–Trinajstić information content (AvgIpc) is 2.61. The van der Waals surface area contributed by atoms with Gasteiger partial charge in [-0.1, -0.05) is 29.8 Å². The molecule has 1 N–H and O–H groups in total. The molecule has 5 heteroatoms. The number of aryl methyl sites for hydroxylation is 3. The number of nitrogens with one attached hydrogen (secondary N) is 1. The molecule has 0 bridgehead atoms. The van der Waals surface area contributed by atoms with Crippen molar-refractivity contribution in [1.82, 2.24) is 4.90 Å². The van der Waals surface area contributed by atoms with Crippen LogP contribution >= 0.6 is 11.6 Å². The highest BCUT2D eigenvalue weighted by Crippen LogP contribution is 2.27. The Morgan fingerprint density at radius 2 is 1.77 bits per heavy atom. The van der Waals surface area contributed by atoms with Crippen LogP contribution in [0.3, 0.4) is 0 Å². The van der Waals surface area contributed by atoms with E-state index in [1.165, 1.54) is 11.3 Å². The van der Waals surface area contributed by atoms with Crippen LogP contribution in [0.1, 0.15) is 16.7 Å². The minimum atomic E-state index is 0.116. The molecule has 0 aromatic heterocycles. The van der Waals surface area contributed by atoms with Crippen molar-refractivity contribution in [3.8, 4) is 0 Å². The minimum Gasteiger partial charge on any atom is -0.375 e. The molecule has 138 valence electrons. The van der Waals surface area contributed by atoms with Crippen LogP contribution in [0, 0.1) is 20.8 Å². The molecule has 26 heavy (non-hydrogen) atoms. The minimum absolute atomic E-state index is 0.116. The smallest absolute Gasteiger partial charge is 0.241 e. The van der Waals surface area contributed by atoms with Crippen molar-refractivity contribution in [2.24, 2.45) is 0 Å². The predicted molar refractivity (Wildman–Crippen MR) is 109 cm³/mol. The Bertz CT molecular complexity index is 775. The molecule has 1 aliphatic heterocycles. The first-order chi connectivity index (χ1) is 12.4. The van der Waals surface area contributed by atoms with Crippen molar-refractivity contribution >= 4 is 28.9 Å². The highest BCUT2D eigenvalue weighted by atomic mass is 35.5. The average molecular weight is 372 g/mol. The van der Waals surface area contributed by atoms with Crippen LogP contribution in [-0.4, -0.2) is 43.5 Å². The molecule has 4 nitrogen and oxygen atoms in total. The Hall–Kier alpha value is -2.20. The zero-order valence-electron chi connectivity index (χ0n) is 15.7. The number of rotatable bonds is 4. The van der Waals surface area contributed by atoms with E-state index in [0.29, 0.717) is 5.02 Å². The molecule has 2 aromatic carbocycles. The van der Waals surface area contributed by atoms with Gasteiger partial charge in [-0.15, -0.1) is 0 Å². The number of carbonyl (C=O) groups is 1. The van der Waals surface area contributed by atoms with E-state index in [9.17, 15) is 4.79 Å². The molecular formula is C21H26ClN3O. The molecule has 0 aliphatic carbocycles. The van der Waals surface area contributed by atoms with E-state index in [1.54, 1.807) is 0 Å². The van der Waals surface area contributed by atoms with Crippen LogP contribution in [0.2, 0.25) is 5.02 Å². The largest absolute Gasteiger partial charge is 0.375 e. The fraction of sp³-hybridized carbons (Fsp3) is 0.381. The molecule has 3 rings (SSSR count). The molecule has 1 fully saturated rings. The summed E-state index contributed by atoms with van der Waals surface area (Å²) in [6, 6.07) is 12.5. The highest BCUT2D eigenvalue weighted by Gasteiger charge is 2.21. The third-order valence-corrected chi connectivity index (χ3v) is 5.15. The SMILES string of the molecule is Cc1cccc(N2CCN(C(=O)CNc3c(C)cc(C)cc3Cl)CC2)c1. The van der Waals surface area contributed by atoms with Gasteiger partial charge in [-0.25, -0.2) is 0 Å². The number of halogens is 1. The van der Waals surface area contributed by atoms with E-state index < -0.39 is 0 Å². The Morgan fingerprint density at radius 3 is 2.42 bits per heavy atom. The first kappa shape index (κ1) is 18.6. The zero-order valence-corrected chi connectivity index (χ0v) is 16.4. The van der Waals surface area contributed by atoms with E-state index in [1.807, 2.05) is 24.8 Å². The summed E-state index contributed by atoms with van der Waals surface area (Å²) in [5.74, 6) is 0.116. The number of hydrogen-bond acceptors (Lipinski definition) is 3. The molecule has 1 aliphatic rings. The fourth-order valence-corrected chi connectivity index (χ4v) is 3.84. The lowest BCUT2D eigenvalue weighted by Gasteiger charge is -2.36. The second kappa shape index (κ2) is 8.00. The summed E-state index contributed by atoms with van der Waals surface area (Å²) in [4.78, 5) is 16.8. The summed E-state index contributed by atoms with van der Waals surface area (Å²) in [6.45, 7) is 9.61. The van der Waals surface area contributed by atoms with Crippen molar-refractivity contribution in [3.05, 3.63) is 58.1 Å². The third-order valence-electron chi connectivity index (χ3n) is 4.85. The summed E-state index contributed by atoms with van der Waals surface area (Å²) in [5, 5.41) is 3.89. The van der Waals surface area contributed by atoms with E-state index >= 15 is 0 Å². The Morgan fingerprint density at radius 1 is 1.04 bits per heavy atom. The molecule has 0 unspecified atom stereocenters. The van der Waals surface area contributed by atoms with Crippen LogP contribution in [0.15, 0.2) is 36.4 Å². The summed E-state index contributed by atoms with van der Waals surface area (Å²) in [5.41, 5.74) is 5.53. The van der Waals surface area contributed by atoms with Gasteiger partial charge in [-0.3, -0.25) is 4.79 Å². The maximum atomic E-state index is 12.6. The van der Waals surface area contributed by atoms with E-state index in [-0.39, 0.29) is 12.5 Å². The van der Waals surface area contributed by atoms with E-state index in [4.69, 9.17) is 11.6 Å². The molecule has 1 saturated heterocycles. The summed E-state index contributed by atoms with van der Waals surface area (Å²) in [7, 11) is 0. The molecule has 0 spiro atoms. The first-order valence-electron chi connectivity index (χ1n) is 9.04. The molecule has 1 heterocycles. The molecule has 0 saturated carbocycles. The first-order valence-corrected chi connectivity index (χ1v) is 9.42. The molecular weight excluding hydrogens is 346 g/mol. The van der Waals surface area contributed by atoms with Crippen molar-refractivity contribution in [3.63, 3.8) is 0 Å². The second-order valence-corrected chi connectivity index (χ2v) is 7.41. The third kappa shape index (κ3) is 4.31. The molecule has 0 atom stereocenters. The van der Waals surface area contributed by atoms with Gasteiger partial charge in [0, 0.05) is 31.9 Å². The van der Waals surface area contributed by atoms with Gasteiger partial charge in [-0.05, 0) is 55.7 Å². The van der Waals surface area contributed by atoms with Gasteiger partial charge in [-0.2, -0.15) is 0 Å². The van der Waals surface area contributed by atoms with Crippen LogP contribution in [0.25, 0.3) is 0 Å². The molecule has 1 amide bonds. The van der Waals surface area contributed by atoms with Gasteiger partial charge >= 0.3 is 0 Å². The number of amides is 1. The van der Waals surface area contributed by atoms with Gasteiger partial charge in [0.2, 0.25) is 5.91 Å². The summed E-state index contributed by atoms with van der Waals surface area (Å²) in [6.07, 6.45) is 0. The lowest BCUT2D eigenvalue weighted by Crippen LogP contribution is -2.50. The molecule has 0 radical (unpaired) electrons. The second-order valence-electron chi connectivity index (χ2n) is 7.00. The quantitative estimate of drug-likeness (QED) is 0.881. The van der Waals surface area contributed by atoms with Gasteiger partial charge in [0.05, 0.1) is 17.3 Å². The maximum absolute atomic E-state index is 12.6. The lowest BCUT2D eigenvalue weighted by molar-refractivity contribution is -0.129. The van der Waals surface area contributed by atoms with Crippen LogP contribution in [-0.2, 0) is 4.79 Å². The topological polar surface area (TPSA) is 35.6 Å². The van der Waals surface area contributed by atoms with E-state index in [2.05, 4.69) is 47.5 Å². The lowest BCUT2D eigenvalue weighted by atomic mass is 10.1. The van der Waals surface area contributed by atoms with Gasteiger partial charge in [0.15, 0.2) is 0 Å². The zero-order chi connectivity index (χ0) is 18.7. The Labute approximate surface area is 160 Å². The van der Waals surface area contributed by atoms with Gasteiger partial charge in [0.1, 0.15) is 0 Å².